The molecular weight excluding hydrogens is 244 g/mol. The normalized spacial score (nSPS) is 11.8. The van der Waals surface area contributed by atoms with Crippen LogP contribution in [0.1, 0.15) is 17.3 Å². The lowest BCUT2D eigenvalue weighted by atomic mass is 9.99. The maximum absolute atomic E-state index is 11.9. The minimum atomic E-state index is -0.870. The van der Waals surface area contributed by atoms with Crippen LogP contribution in [-0.2, 0) is 9.53 Å². The molecule has 5 heteroatoms. The van der Waals surface area contributed by atoms with E-state index in [1.807, 2.05) is 0 Å². The van der Waals surface area contributed by atoms with Crippen molar-refractivity contribution >= 4 is 23.4 Å². The molecule has 0 saturated carbocycles. The van der Waals surface area contributed by atoms with Gasteiger partial charge in [0, 0.05) is 5.56 Å². The molecule has 17 heavy (non-hydrogen) atoms. The quantitative estimate of drug-likeness (QED) is 0.471. The maximum Gasteiger partial charge on any atom is 0.316 e. The predicted molar refractivity (Wildman–Crippen MR) is 63.5 cm³/mol. The number of hydrogen-bond donors (Lipinski definition) is 0. The average molecular weight is 257 g/mol. The van der Waals surface area contributed by atoms with Gasteiger partial charge in [-0.05, 0) is 25.1 Å². The van der Waals surface area contributed by atoms with Gasteiger partial charge in [0.25, 0.3) is 0 Å². The van der Waals surface area contributed by atoms with Crippen LogP contribution in [0.5, 0.6) is 5.75 Å². The second kappa shape index (κ2) is 5.68. The summed E-state index contributed by atoms with van der Waals surface area (Å²) in [6.45, 7) is 1.48. The Morgan fingerprint density at radius 1 is 1.29 bits per heavy atom. The van der Waals surface area contributed by atoms with Gasteiger partial charge >= 0.3 is 5.97 Å². The van der Waals surface area contributed by atoms with Gasteiger partial charge in [0.1, 0.15) is 11.7 Å². The summed E-state index contributed by atoms with van der Waals surface area (Å²) < 4.78 is 9.48. The number of rotatable bonds is 4. The topological polar surface area (TPSA) is 52.6 Å². The van der Waals surface area contributed by atoms with Crippen molar-refractivity contribution in [1.82, 2.24) is 0 Å². The van der Waals surface area contributed by atoms with E-state index in [1.165, 1.54) is 33.3 Å². The number of hydrogen-bond acceptors (Lipinski definition) is 4. The van der Waals surface area contributed by atoms with Gasteiger partial charge in [-0.25, -0.2) is 0 Å². The van der Waals surface area contributed by atoms with Gasteiger partial charge in [-0.3, -0.25) is 9.59 Å². The van der Waals surface area contributed by atoms with E-state index in [2.05, 4.69) is 4.74 Å². The van der Waals surface area contributed by atoms with Crippen LogP contribution in [0.3, 0.4) is 0 Å². The van der Waals surface area contributed by atoms with Gasteiger partial charge < -0.3 is 9.47 Å². The standard InChI is InChI=1S/C12H13ClO4/c1-7(12(15)17-3)11(14)9-5-4-8(16-2)6-10(9)13/h4-7H,1-3H3. The molecule has 0 saturated heterocycles. The second-order valence-corrected chi connectivity index (χ2v) is 3.86. The van der Waals surface area contributed by atoms with Crippen molar-refractivity contribution in [2.24, 2.45) is 5.92 Å². The van der Waals surface area contributed by atoms with Crippen LogP contribution >= 0.6 is 11.6 Å². The minimum Gasteiger partial charge on any atom is -0.497 e. The van der Waals surface area contributed by atoms with Crippen molar-refractivity contribution in [1.29, 1.82) is 0 Å². The molecule has 0 aliphatic rings. The lowest BCUT2D eigenvalue weighted by molar-refractivity contribution is -0.143. The number of carbonyl (C=O) groups excluding carboxylic acids is 2. The predicted octanol–water partition coefficient (Wildman–Crippen LogP) is 2.34. The number of ketones is 1. The third kappa shape index (κ3) is 2.97. The number of benzene rings is 1. The molecule has 0 aliphatic heterocycles. The van der Waals surface area contributed by atoms with Crippen LogP contribution in [0.4, 0.5) is 0 Å². The lowest BCUT2D eigenvalue weighted by Gasteiger charge is -2.10. The molecule has 0 fully saturated rings. The van der Waals surface area contributed by atoms with Crippen molar-refractivity contribution < 1.29 is 19.1 Å². The van der Waals surface area contributed by atoms with Crippen molar-refractivity contribution in [2.75, 3.05) is 14.2 Å². The summed E-state index contributed by atoms with van der Waals surface area (Å²) in [4.78, 5) is 23.2. The summed E-state index contributed by atoms with van der Waals surface area (Å²) in [5, 5.41) is 0.255. The fraction of sp³-hybridized carbons (Fsp3) is 0.333. The molecule has 1 aromatic rings. The summed E-state index contributed by atoms with van der Waals surface area (Å²) in [6.07, 6.45) is 0. The molecule has 0 radical (unpaired) electrons. The summed E-state index contributed by atoms with van der Waals surface area (Å²) in [5.41, 5.74) is 0.283. The summed E-state index contributed by atoms with van der Waals surface area (Å²) in [6, 6.07) is 4.67. The average Bonchev–Trinajstić information content (AvgIpc) is 2.35. The highest BCUT2D eigenvalue weighted by atomic mass is 35.5. The molecule has 0 aliphatic carbocycles. The number of ether oxygens (including phenoxy) is 2. The van der Waals surface area contributed by atoms with E-state index in [0.29, 0.717) is 5.75 Å². The molecule has 1 rings (SSSR count). The summed E-state index contributed by atoms with van der Waals surface area (Å²) in [7, 11) is 2.74. The lowest BCUT2D eigenvalue weighted by Crippen LogP contribution is -2.22. The van der Waals surface area contributed by atoms with Gasteiger partial charge in [0.05, 0.1) is 19.2 Å². The van der Waals surface area contributed by atoms with Crippen LogP contribution in [0.2, 0.25) is 5.02 Å². The molecule has 0 heterocycles. The van der Waals surface area contributed by atoms with Crippen LogP contribution in [0, 0.1) is 5.92 Å². The molecule has 0 bridgehead atoms. The fourth-order valence-electron chi connectivity index (χ4n) is 1.34. The first-order valence-corrected chi connectivity index (χ1v) is 5.34. The molecule has 0 amide bonds. The second-order valence-electron chi connectivity index (χ2n) is 3.45. The van der Waals surface area contributed by atoms with E-state index in [9.17, 15) is 9.59 Å². The minimum absolute atomic E-state index is 0.255. The van der Waals surface area contributed by atoms with E-state index in [0.717, 1.165) is 0 Å². The molecule has 4 nitrogen and oxygen atoms in total. The van der Waals surface area contributed by atoms with E-state index in [-0.39, 0.29) is 16.4 Å². The van der Waals surface area contributed by atoms with E-state index in [4.69, 9.17) is 16.3 Å². The highest BCUT2D eigenvalue weighted by molar-refractivity contribution is 6.34. The van der Waals surface area contributed by atoms with Crippen LogP contribution in [-0.4, -0.2) is 26.0 Å². The Balaban J connectivity index is 3.01. The molecule has 92 valence electrons. The first kappa shape index (κ1) is 13.5. The Hall–Kier alpha value is -1.55. The van der Waals surface area contributed by atoms with Crippen molar-refractivity contribution in [2.45, 2.75) is 6.92 Å². The maximum atomic E-state index is 11.9. The fourth-order valence-corrected chi connectivity index (χ4v) is 1.60. The highest BCUT2D eigenvalue weighted by Crippen LogP contribution is 2.24. The zero-order valence-electron chi connectivity index (χ0n) is 9.82. The van der Waals surface area contributed by atoms with Gasteiger partial charge in [-0.2, -0.15) is 0 Å². The Morgan fingerprint density at radius 3 is 2.41 bits per heavy atom. The smallest absolute Gasteiger partial charge is 0.316 e. The van der Waals surface area contributed by atoms with Crippen molar-refractivity contribution in [3.8, 4) is 5.75 Å². The van der Waals surface area contributed by atoms with Gasteiger partial charge in [0.2, 0.25) is 0 Å². The summed E-state index contributed by atoms with van der Waals surface area (Å²) in [5.74, 6) is -1.27. The third-order valence-electron chi connectivity index (χ3n) is 2.39. The number of carbonyl (C=O) groups is 2. The largest absolute Gasteiger partial charge is 0.497 e. The van der Waals surface area contributed by atoms with E-state index in [1.54, 1.807) is 6.07 Å². The van der Waals surface area contributed by atoms with Gasteiger partial charge in [-0.1, -0.05) is 11.6 Å². The molecule has 1 unspecified atom stereocenters. The molecule has 1 atom stereocenters. The van der Waals surface area contributed by atoms with E-state index >= 15 is 0 Å². The Morgan fingerprint density at radius 2 is 1.94 bits per heavy atom. The number of esters is 1. The Bertz CT molecular complexity index is 442. The van der Waals surface area contributed by atoms with Crippen LogP contribution in [0.15, 0.2) is 18.2 Å². The Kier molecular flexibility index (Phi) is 4.52. The van der Waals surface area contributed by atoms with Crippen LogP contribution in [0.25, 0.3) is 0 Å². The SMILES string of the molecule is COC(=O)C(C)C(=O)c1ccc(OC)cc1Cl. The third-order valence-corrected chi connectivity index (χ3v) is 2.70. The zero-order valence-corrected chi connectivity index (χ0v) is 10.6. The number of methoxy groups -OCH3 is 2. The first-order valence-electron chi connectivity index (χ1n) is 4.96. The first-order chi connectivity index (χ1) is 8.01. The zero-order chi connectivity index (χ0) is 13.0. The van der Waals surface area contributed by atoms with Gasteiger partial charge in [-0.15, -0.1) is 0 Å². The summed E-state index contributed by atoms with van der Waals surface area (Å²) >= 11 is 5.94. The van der Waals surface area contributed by atoms with E-state index < -0.39 is 11.9 Å². The molecule has 0 aromatic heterocycles. The van der Waals surface area contributed by atoms with Crippen LogP contribution < -0.4 is 4.74 Å². The molecular formula is C12H13ClO4. The monoisotopic (exact) mass is 256 g/mol. The number of Topliss-reactive ketones (excluding diaryl/α,β-unsaturated/α-hetero) is 1. The van der Waals surface area contributed by atoms with Crippen molar-refractivity contribution in [3.63, 3.8) is 0 Å². The molecule has 0 N–H and O–H groups in total. The number of halogens is 1. The van der Waals surface area contributed by atoms with Crippen molar-refractivity contribution in [3.05, 3.63) is 28.8 Å². The highest BCUT2D eigenvalue weighted by Gasteiger charge is 2.25. The molecule has 1 aromatic carbocycles. The van der Waals surface area contributed by atoms with Gasteiger partial charge in [0.15, 0.2) is 5.78 Å². The Labute approximate surface area is 104 Å². The molecule has 0 spiro atoms.